The van der Waals surface area contributed by atoms with Gasteiger partial charge in [0.05, 0.1) is 12.2 Å². The molecule has 2 rings (SSSR count). The normalized spacial score (nSPS) is 9.95. The van der Waals surface area contributed by atoms with E-state index in [4.69, 9.17) is 4.74 Å². The molecule has 19 heavy (non-hydrogen) atoms. The first-order valence-corrected chi connectivity index (χ1v) is 6.02. The molecule has 0 spiro atoms. The molecule has 0 bridgehead atoms. The van der Waals surface area contributed by atoms with Gasteiger partial charge < -0.3 is 15.2 Å². The molecule has 0 amide bonds. The fraction of sp³-hybridized carbons (Fsp3) is 0.133. The van der Waals surface area contributed by atoms with E-state index in [1.165, 1.54) is 0 Å². The molecule has 0 atom stereocenters. The number of carbonyl (C=O) groups is 1. The van der Waals surface area contributed by atoms with Crippen LogP contribution in [0.4, 0.5) is 11.4 Å². The zero-order chi connectivity index (χ0) is 13.7. The van der Waals surface area contributed by atoms with Crippen molar-refractivity contribution >= 4 is 17.3 Å². The molecule has 0 radical (unpaired) electrons. The predicted octanol–water partition coefficient (Wildman–Crippen LogP) is 3.31. The second kappa shape index (κ2) is 5.91. The maximum absolute atomic E-state index is 11.6. The van der Waals surface area contributed by atoms with Crippen LogP contribution < -0.4 is 5.32 Å². The van der Waals surface area contributed by atoms with Crippen LogP contribution in [-0.2, 0) is 4.74 Å². The van der Waals surface area contributed by atoms with Crippen molar-refractivity contribution in [2.45, 2.75) is 6.92 Å². The number of nitrogens with one attached hydrogen (secondary N) is 1. The van der Waals surface area contributed by atoms with Crippen LogP contribution in [0.5, 0.6) is 5.75 Å². The summed E-state index contributed by atoms with van der Waals surface area (Å²) >= 11 is 0. The van der Waals surface area contributed by atoms with Crippen LogP contribution in [0.3, 0.4) is 0 Å². The fourth-order valence-electron chi connectivity index (χ4n) is 1.69. The number of phenols is 1. The molecule has 4 nitrogen and oxygen atoms in total. The minimum absolute atomic E-state index is 0.187. The Morgan fingerprint density at radius 2 is 1.84 bits per heavy atom. The Morgan fingerprint density at radius 1 is 1.16 bits per heavy atom. The topological polar surface area (TPSA) is 58.6 Å². The van der Waals surface area contributed by atoms with Gasteiger partial charge in [-0.2, -0.15) is 0 Å². The molecule has 0 aromatic heterocycles. The molecule has 0 saturated heterocycles. The fourth-order valence-corrected chi connectivity index (χ4v) is 1.69. The summed E-state index contributed by atoms with van der Waals surface area (Å²) in [5, 5.41) is 12.5. The molecular formula is C15H15NO3. The lowest BCUT2D eigenvalue weighted by Gasteiger charge is -2.08. The zero-order valence-corrected chi connectivity index (χ0v) is 10.6. The third-order valence-corrected chi connectivity index (χ3v) is 2.51. The lowest BCUT2D eigenvalue weighted by atomic mass is 10.2. The van der Waals surface area contributed by atoms with E-state index in [1.807, 2.05) is 12.1 Å². The van der Waals surface area contributed by atoms with Gasteiger partial charge in [-0.1, -0.05) is 12.1 Å². The lowest BCUT2D eigenvalue weighted by Crippen LogP contribution is -2.04. The highest BCUT2D eigenvalue weighted by Gasteiger charge is 2.06. The molecule has 0 unspecified atom stereocenters. The molecule has 2 aromatic rings. The van der Waals surface area contributed by atoms with E-state index in [9.17, 15) is 9.90 Å². The number of phenolic OH excluding ortho intramolecular Hbond substituents is 1. The van der Waals surface area contributed by atoms with Gasteiger partial charge in [0, 0.05) is 17.4 Å². The average Bonchev–Trinajstić information content (AvgIpc) is 2.39. The van der Waals surface area contributed by atoms with Gasteiger partial charge >= 0.3 is 5.97 Å². The van der Waals surface area contributed by atoms with E-state index in [-0.39, 0.29) is 11.7 Å². The number of hydrogen-bond acceptors (Lipinski definition) is 4. The van der Waals surface area contributed by atoms with Crippen molar-refractivity contribution in [1.29, 1.82) is 0 Å². The summed E-state index contributed by atoms with van der Waals surface area (Å²) in [6, 6.07) is 13.8. The summed E-state index contributed by atoms with van der Waals surface area (Å²) in [5.41, 5.74) is 2.00. The summed E-state index contributed by atoms with van der Waals surface area (Å²) in [6.45, 7) is 2.12. The molecule has 2 aromatic carbocycles. The monoisotopic (exact) mass is 257 g/mol. The highest BCUT2D eigenvalue weighted by molar-refractivity contribution is 5.90. The van der Waals surface area contributed by atoms with Gasteiger partial charge in [0.2, 0.25) is 0 Å². The molecule has 0 fully saturated rings. The zero-order valence-electron chi connectivity index (χ0n) is 10.6. The second-order valence-corrected chi connectivity index (χ2v) is 3.98. The summed E-state index contributed by atoms with van der Waals surface area (Å²) < 4.78 is 4.95. The van der Waals surface area contributed by atoms with Crippen molar-refractivity contribution in [3.8, 4) is 5.75 Å². The minimum Gasteiger partial charge on any atom is -0.508 e. The average molecular weight is 257 g/mol. The largest absolute Gasteiger partial charge is 0.508 e. The van der Waals surface area contributed by atoms with Crippen LogP contribution in [0, 0.1) is 0 Å². The van der Waals surface area contributed by atoms with E-state index in [0.717, 1.165) is 11.4 Å². The van der Waals surface area contributed by atoms with Crippen LogP contribution in [-0.4, -0.2) is 17.7 Å². The molecule has 2 N–H and O–H groups in total. The molecule has 0 saturated carbocycles. The quantitative estimate of drug-likeness (QED) is 0.825. The Hall–Kier alpha value is -2.49. The van der Waals surface area contributed by atoms with Crippen molar-refractivity contribution < 1.29 is 14.6 Å². The maximum Gasteiger partial charge on any atom is 0.338 e. The Kier molecular flexibility index (Phi) is 4.03. The van der Waals surface area contributed by atoms with Crippen LogP contribution in [0.1, 0.15) is 17.3 Å². The summed E-state index contributed by atoms with van der Waals surface area (Å²) in [6.07, 6.45) is 0. The first-order valence-electron chi connectivity index (χ1n) is 6.02. The van der Waals surface area contributed by atoms with Crippen molar-refractivity contribution in [3.63, 3.8) is 0 Å². The van der Waals surface area contributed by atoms with Crippen molar-refractivity contribution in [2.24, 2.45) is 0 Å². The lowest BCUT2D eigenvalue weighted by molar-refractivity contribution is 0.0526. The molecule has 0 aliphatic carbocycles. The SMILES string of the molecule is CCOC(=O)c1cccc(Nc2cccc(O)c2)c1. The second-order valence-electron chi connectivity index (χ2n) is 3.98. The number of anilines is 2. The third kappa shape index (κ3) is 3.48. The standard InChI is InChI=1S/C15H15NO3/c1-2-19-15(18)11-5-3-6-12(9-11)16-13-7-4-8-14(17)10-13/h3-10,16-17H,2H2,1H3. The van der Waals surface area contributed by atoms with Crippen molar-refractivity contribution in [2.75, 3.05) is 11.9 Å². The van der Waals surface area contributed by atoms with Gasteiger partial charge in [-0.15, -0.1) is 0 Å². The summed E-state index contributed by atoms with van der Waals surface area (Å²) in [5.74, 6) is -0.159. The van der Waals surface area contributed by atoms with Crippen LogP contribution in [0.2, 0.25) is 0 Å². The minimum atomic E-state index is -0.345. The van der Waals surface area contributed by atoms with Gasteiger partial charge in [0.1, 0.15) is 5.75 Å². The number of hydrogen-bond donors (Lipinski definition) is 2. The van der Waals surface area contributed by atoms with Crippen molar-refractivity contribution in [1.82, 2.24) is 0 Å². The van der Waals surface area contributed by atoms with E-state index >= 15 is 0 Å². The number of carbonyl (C=O) groups excluding carboxylic acids is 1. The van der Waals surface area contributed by atoms with Crippen LogP contribution >= 0.6 is 0 Å². The number of rotatable bonds is 4. The Labute approximate surface area is 111 Å². The maximum atomic E-state index is 11.6. The predicted molar refractivity (Wildman–Crippen MR) is 73.8 cm³/mol. The summed E-state index contributed by atoms with van der Waals surface area (Å²) in [4.78, 5) is 11.6. The molecular weight excluding hydrogens is 242 g/mol. The van der Waals surface area contributed by atoms with Gasteiger partial charge in [-0.25, -0.2) is 4.79 Å². The number of aromatic hydroxyl groups is 1. The van der Waals surface area contributed by atoms with E-state index in [2.05, 4.69) is 5.32 Å². The first kappa shape index (κ1) is 13.0. The highest BCUT2D eigenvalue weighted by atomic mass is 16.5. The first-order chi connectivity index (χ1) is 9.19. The Bertz CT molecular complexity index is 581. The third-order valence-electron chi connectivity index (χ3n) is 2.51. The van der Waals surface area contributed by atoms with Gasteiger partial charge in [-0.3, -0.25) is 0 Å². The molecule has 0 aliphatic rings. The van der Waals surface area contributed by atoms with Gasteiger partial charge in [-0.05, 0) is 37.3 Å². The Balaban J connectivity index is 2.17. The van der Waals surface area contributed by atoms with Crippen LogP contribution in [0.15, 0.2) is 48.5 Å². The molecule has 4 heteroatoms. The number of ether oxygens (including phenoxy) is 1. The Morgan fingerprint density at radius 3 is 2.53 bits per heavy atom. The smallest absolute Gasteiger partial charge is 0.338 e. The van der Waals surface area contributed by atoms with E-state index < -0.39 is 0 Å². The number of benzene rings is 2. The number of esters is 1. The van der Waals surface area contributed by atoms with Crippen LogP contribution in [0.25, 0.3) is 0 Å². The van der Waals surface area contributed by atoms with Crippen molar-refractivity contribution in [3.05, 3.63) is 54.1 Å². The van der Waals surface area contributed by atoms with E-state index in [0.29, 0.717) is 12.2 Å². The van der Waals surface area contributed by atoms with E-state index in [1.54, 1.807) is 43.3 Å². The molecule has 0 aliphatic heterocycles. The molecule has 0 heterocycles. The summed E-state index contributed by atoms with van der Waals surface area (Å²) in [7, 11) is 0. The van der Waals surface area contributed by atoms with Gasteiger partial charge in [0.15, 0.2) is 0 Å². The van der Waals surface area contributed by atoms with Gasteiger partial charge in [0.25, 0.3) is 0 Å². The molecule has 98 valence electrons. The highest BCUT2D eigenvalue weighted by Crippen LogP contribution is 2.21.